The van der Waals surface area contributed by atoms with Crippen molar-refractivity contribution in [3.63, 3.8) is 0 Å². The number of amides is 2. The van der Waals surface area contributed by atoms with Crippen LogP contribution in [-0.2, 0) is 19.4 Å². The molecule has 2 fully saturated rings. The number of likely N-dealkylation sites (tertiary alicyclic amines) is 1. The monoisotopic (exact) mass is 318 g/mol. The average molecular weight is 318 g/mol. The molecule has 0 aromatic rings. The van der Waals surface area contributed by atoms with E-state index >= 15 is 0 Å². The van der Waals surface area contributed by atoms with Crippen LogP contribution in [0.5, 0.6) is 0 Å². The zero-order chi connectivity index (χ0) is 15.5. The maximum Gasteiger partial charge on any atom is 0.409 e. The molecule has 21 heavy (non-hydrogen) atoms. The van der Waals surface area contributed by atoms with Crippen LogP contribution in [0.15, 0.2) is 0 Å². The Morgan fingerprint density at radius 1 is 1.33 bits per heavy atom. The minimum atomic E-state index is -3.00. The van der Waals surface area contributed by atoms with Crippen LogP contribution in [0.2, 0.25) is 0 Å². The predicted molar refractivity (Wildman–Crippen MR) is 76.5 cm³/mol. The van der Waals surface area contributed by atoms with E-state index in [0.29, 0.717) is 32.5 Å². The molecule has 2 aliphatic rings. The number of sulfone groups is 1. The van der Waals surface area contributed by atoms with E-state index in [9.17, 15) is 18.0 Å². The minimum Gasteiger partial charge on any atom is -0.450 e. The molecule has 2 saturated heterocycles. The van der Waals surface area contributed by atoms with Crippen molar-refractivity contribution >= 4 is 21.8 Å². The third kappa shape index (κ3) is 4.33. The number of nitrogens with zero attached hydrogens (tertiary/aromatic N) is 1. The van der Waals surface area contributed by atoms with E-state index < -0.39 is 15.9 Å². The van der Waals surface area contributed by atoms with Crippen LogP contribution >= 0.6 is 0 Å². The van der Waals surface area contributed by atoms with Gasteiger partial charge in [0.25, 0.3) is 0 Å². The molecule has 0 spiro atoms. The van der Waals surface area contributed by atoms with Gasteiger partial charge in [-0.15, -0.1) is 0 Å². The second kappa shape index (κ2) is 6.64. The third-order valence-corrected chi connectivity index (χ3v) is 5.66. The van der Waals surface area contributed by atoms with Crippen molar-refractivity contribution in [2.45, 2.75) is 32.2 Å². The number of nitrogens with one attached hydrogen (secondary N) is 1. The fourth-order valence-electron chi connectivity index (χ4n) is 2.80. The normalized spacial score (nSPS) is 28.1. The Labute approximate surface area is 124 Å². The lowest BCUT2D eigenvalue weighted by atomic mass is 9.97. The fourth-order valence-corrected chi connectivity index (χ4v) is 4.47. The van der Waals surface area contributed by atoms with Crippen LogP contribution in [0.1, 0.15) is 26.2 Å². The minimum absolute atomic E-state index is 0.0209. The summed E-state index contributed by atoms with van der Waals surface area (Å²) in [6.07, 6.45) is 1.54. The van der Waals surface area contributed by atoms with Gasteiger partial charge >= 0.3 is 6.09 Å². The Kier molecular flexibility index (Phi) is 5.08. The van der Waals surface area contributed by atoms with Gasteiger partial charge in [0.15, 0.2) is 9.84 Å². The maximum absolute atomic E-state index is 12.2. The highest BCUT2D eigenvalue weighted by Crippen LogP contribution is 2.19. The van der Waals surface area contributed by atoms with E-state index in [-0.39, 0.29) is 29.4 Å². The standard InChI is InChI=1S/C13H22N2O5S/c1-2-20-13(17)15-6-3-4-10(8-15)12(16)14-11-5-7-21(18,19)9-11/h10-11H,2-9H2,1H3,(H,14,16)/t10-,11-/m1/s1. The summed E-state index contributed by atoms with van der Waals surface area (Å²) in [7, 11) is -3.00. The van der Waals surface area contributed by atoms with Gasteiger partial charge in [0.05, 0.1) is 24.0 Å². The first-order chi connectivity index (χ1) is 9.91. The second-order valence-electron chi connectivity index (χ2n) is 5.59. The number of ether oxygens (including phenoxy) is 1. The fraction of sp³-hybridized carbons (Fsp3) is 0.846. The van der Waals surface area contributed by atoms with Crippen molar-refractivity contribution in [2.75, 3.05) is 31.2 Å². The first-order valence-corrected chi connectivity index (χ1v) is 9.16. The summed E-state index contributed by atoms with van der Waals surface area (Å²) in [5.74, 6) is -0.289. The van der Waals surface area contributed by atoms with Gasteiger partial charge in [0.2, 0.25) is 5.91 Å². The first-order valence-electron chi connectivity index (χ1n) is 7.34. The van der Waals surface area contributed by atoms with E-state index in [1.54, 1.807) is 11.8 Å². The third-order valence-electron chi connectivity index (χ3n) is 3.90. The molecule has 0 saturated carbocycles. The van der Waals surface area contributed by atoms with Crippen molar-refractivity contribution in [3.05, 3.63) is 0 Å². The van der Waals surface area contributed by atoms with Gasteiger partial charge in [0, 0.05) is 19.1 Å². The number of hydrogen-bond donors (Lipinski definition) is 1. The Hall–Kier alpha value is -1.31. The summed E-state index contributed by atoms with van der Waals surface area (Å²) in [6.45, 7) is 2.99. The van der Waals surface area contributed by atoms with Gasteiger partial charge in [-0.25, -0.2) is 13.2 Å². The zero-order valence-corrected chi connectivity index (χ0v) is 13.0. The molecule has 0 aromatic carbocycles. The van der Waals surface area contributed by atoms with Crippen molar-refractivity contribution < 1.29 is 22.7 Å². The number of hydrogen-bond acceptors (Lipinski definition) is 5. The Morgan fingerprint density at radius 2 is 2.10 bits per heavy atom. The van der Waals surface area contributed by atoms with Crippen molar-refractivity contribution in [1.29, 1.82) is 0 Å². The van der Waals surface area contributed by atoms with Crippen LogP contribution < -0.4 is 5.32 Å². The molecule has 0 aromatic heterocycles. The summed E-state index contributed by atoms with van der Waals surface area (Å²) in [5, 5.41) is 2.80. The Morgan fingerprint density at radius 3 is 2.71 bits per heavy atom. The molecular formula is C13H22N2O5S. The highest BCUT2D eigenvalue weighted by molar-refractivity contribution is 7.91. The quantitative estimate of drug-likeness (QED) is 0.800. The lowest BCUT2D eigenvalue weighted by Gasteiger charge is -2.31. The van der Waals surface area contributed by atoms with Crippen molar-refractivity contribution in [1.82, 2.24) is 10.2 Å². The molecule has 0 bridgehead atoms. The van der Waals surface area contributed by atoms with Gasteiger partial charge in [-0.2, -0.15) is 0 Å². The molecule has 2 atom stereocenters. The molecule has 1 N–H and O–H groups in total. The molecule has 0 aliphatic carbocycles. The molecule has 2 amide bonds. The molecule has 7 nitrogen and oxygen atoms in total. The Bertz CT molecular complexity index is 505. The predicted octanol–water partition coefficient (Wildman–Crippen LogP) is 0.158. The summed E-state index contributed by atoms with van der Waals surface area (Å²) >= 11 is 0. The lowest BCUT2D eigenvalue weighted by Crippen LogP contribution is -2.48. The van der Waals surface area contributed by atoms with Crippen LogP contribution in [-0.4, -0.2) is 62.6 Å². The van der Waals surface area contributed by atoms with Crippen LogP contribution in [0.4, 0.5) is 4.79 Å². The number of rotatable bonds is 3. The molecule has 2 aliphatic heterocycles. The van der Waals surface area contributed by atoms with E-state index in [1.165, 1.54) is 0 Å². The first kappa shape index (κ1) is 16.1. The zero-order valence-electron chi connectivity index (χ0n) is 12.2. The average Bonchev–Trinajstić information content (AvgIpc) is 2.78. The topological polar surface area (TPSA) is 92.8 Å². The van der Waals surface area contributed by atoms with Gasteiger partial charge in [-0.05, 0) is 26.2 Å². The SMILES string of the molecule is CCOC(=O)N1CCC[C@@H](C(=O)N[C@@H]2CCS(=O)(=O)C2)C1. The largest absolute Gasteiger partial charge is 0.450 e. The van der Waals surface area contributed by atoms with Crippen LogP contribution in [0.3, 0.4) is 0 Å². The van der Waals surface area contributed by atoms with E-state index in [2.05, 4.69) is 5.32 Å². The summed E-state index contributed by atoms with van der Waals surface area (Å²) in [6, 6.07) is -0.291. The summed E-state index contributed by atoms with van der Waals surface area (Å²) < 4.78 is 27.7. The highest BCUT2D eigenvalue weighted by Gasteiger charge is 2.33. The smallest absolute Gasteiger partial charge is 0.409 e. The number of piperidine rings is 1. The maximum atomic E-state index is 12.2. The molecule has 0 radical (unpaired) electrons. The van der Waals surface area contributed by atoms with Crippen molar-refractivity contribution in [3.8, 4) is 0 Å². The molecule has 120 valence electrons. The van der Waals surface area contributed by atoms with E-state index in [4.69, 9.17) is 4.74 Å². The molecule has 8 heteroatoms. The molecule has 2 rings (SSSR count). The second-order valence-corrected chi connectivity index (χ2v) is 7.82. The van der Waals surface area contributed by atoms with Gasteiger partial charge in [-0.1, -0.05) is 0 Å². The van der Waals surface area contributed by atoms with Crippen LogP contribution in [0.25, 0.3) is 0 Å². The summed E-state index contributed by atoms with van der Waals surface area (Å²) in [5.41, 5.74) is 0. The molecule has 2 heterocycles. The van der Waals surface area contributed by atoms with Crippen LogP contribution in [0, 0.1) is 5.92 Å². The highest BCUT2D eigenvalue weighted by atomic mass is 32.2. The van der Waals surface area contributed by atoms with Gasteiger partial charge in [0.1, 0.15) is 0 Å². The lowest BCUT2D eigenvalue weighted by molar-refractivity contribution is -0.127. The van der Waals surface area contributed by atoms with E-state index in [0.717, 1.165) is 6.42 Å². The van der Waals surface area contributed by atoms with Gasteiger partial charge < -0.3 is 15.0 Å². The number of carbonyl (C=O) groups is 2. The van der Waals surface area contributed by atoms with E-state index in [1.807, 2.05) is 0 Å². The molecule has 0 unspecified atom stereocenters. The van der Waals surface area contributed by atoms with Crippen molar-refractivity contribution in [2.24, 2.45) is 5.92 Å². The number of carbonyl (C=O) groups excluding carboxylic acids is 2. The molecular weight excluding hydrogens is 296 g/mol. The summed E-state index contributed by atoms with van der Waals surface area (Å²) in [4.78, 5) is 25.4. The van der Waals surface area contributed by atoms with Gasteiger partial charge in [-0.3, -0.25) is 4.79 Å². The Balaban J connectivity index is 1.86.